The summed E-state index contributed by atoms with van der Waals surface area (Å²) < 4.78 is 1.01. The summed E-state index contributed by atoms with van der Waals surface area (Å²) in [7, 11) is 0. The van der Waals surface area contributed by atoms with Gasteiger partial charge in [0.2, 0.25) is 11.6 Å². The molecule has 0 saturated heterocycles. The van der Waals surface area contributed by atoms with E-state index in [4.69, 9.17) is 0 Å². The van der Waals surface area contributed by atoms with Crippen LogP contribution in [0.3, 0.4) is 0 Å². The molecular weight excluding hydrogens is 320 g/mol. The van der Waals surface area contributed by atoms with Crippen molar-refractivity contribution in [2.75, 3.05) is 0 Å². The van der Waals surface area contributed by atoms with Crippen LogP contribution in [0, 0.1) is 17.2 Å². The van der Waals surface area contributed by atoms with Gasteiger partial charge in [-0.3, -0.25) is 14.6 Å². The Balaban J connectivity index is 1.94. The van der Waals surface area contributed by atoms with Gasteiger partial charge in [-0.2, -0.15) is 9.94 Å². The molecule has 1 unspecified atom stereocenters. The minimum Gasteiger partial charge on any atom is -0.292 e. The van der Waals surface area contributed by atoms with Crippen molar-refractivity contribution in [1.29, 1.82) is 5.26 Å². The number of ketones is 2. The van der Waals surface area contributed by atoms with Crippen molar-refractivity contribution >= 4 is 11.6 Å². The maximum absolute atomic E-state index is 12.5. The van der Waals surface area contributed by atoms with Crippen molar-refractivity contribution in [2.45, 2.75) is 0 Å². The number of aromatic nitrogens is 3. The van der Waals surface area contributed by atoms with Crippen LogP contribution < -0.4 is 5.69 Å². The summed E-state index contributed by atoms with van der Waals surface area (Å²) in [6, 6.07) is 18.2. The molecule has 0 aliphatic rings. The molecular formula is C18H12N4O3. The fraction of sp³-hybridized carbons (Fsp3) is 0.0556. The van der Waals surface area contributed by atoms with Gasteiger partial charge in [0.25, 0.3) is 0 Å². The van der Waals surface area contributed by atoms with E-state index in [1.807, 2.05) is 0 Å². The molecule has 0 radical (unpaired) electrons. The third kappa shape index (κ3) is 3.14. The molecule has 1 heterocycles. The van der Waals surface area contributed by atoms with Gasteiger partial charge in [0.05, 0.1) is 11.8 Å². The lowest BCUT2D eigenvalue weighted by atomic mass is 9.94. The predicted octanol–water partition coefficient (Wildman–Crippen LogP) is 1.77. The van der Waals surface area contributed by atoms with E-state index in [0.29, 0.717) is 5.69 Å². The highest BCUT2D eigenvalue weighted by molar-refractivity contribution is 6.16. The van der Waals surface area contributed by atoms with E-state index in [0.717, 1.165) is 4.68 Å². The van der Waals surface area contributed by atoms with Crippen molar-refractivity contribution < 1.29 is 9.59 Å². The lowest BCUT2D eigenvalue weighted by Crippen LogP contribution is -2.24. The van der Waals surface area contributed by atoms with Crippen LogP contribution in [0.4, 0.5) is 0 Å². The van der Waals surface area contributed by atoms with Crippen molar-refractivity contribution in [3.63, 3.8) is 0 Å². The molecule has 7 nitrogen and oxygen atoms in total. The fourth-order valence-electron chi connectivity index (χ4n) is 2.32. The normalized spacial score (nSPS) is 11.5. The number of hydrogen-bond acceptors (Lipinski definition) is 5. The van der Waals surface area contributed by atoms with Crippen molar-refractivity contribution in [3.05, 3.63) is 82.5 Å². The minimum absolute atomic E-state index is 0.243. The van der Waals surface area contributed by atoms with Crippen LogP contribution in [0.2, 0.25) is 0 Å². The van der Waals surface area contributed by atoms with Gasteiger partial charge in [0.15, 0.2) is 11.7 Å². The van der Waals surface area contributed by atoms with Gasteiger partial charge in [-0.25, -0.2) is 4.79 Å². The summed E-state index contributed by atoms with van der Waals surface area (Å²) in [4.78, 5) is 39.2. The van der Waals surface area contributed by atoms with Gasteiger partial charge < -0.3 is 0 Å². The van der Waals surface area contributed by atoms with Crippen LogP contribution >= 0.6 is 0 Å². The zero-order chi connectivity index (χ0) is 17.8. The molecule has 1 aromatic heterocycles. The number of nitrogens with one attached hydrogen (secondary N) is 1. The average molecular weight is 332 g/mol. The highest BCUT2D eigenvalue weighted by Gasteiger charge is 2.31. The number of benzene rings is 2. The minimum atomic E-state index is -1.57. The van der Waals surface area contributed by atoms with Crippen molar-refractivity contribution in [3.8, 4) is 11.8 Å². The highest BCUT2D eigenvalue weighted by atomic mass is 16.2. The van der Waals surface area contributed by atoms with E-state index in [1.54, 1.807) is 54.6 Å². The molecule has 1 atom stereocenters. The Morgan fingerprint density at radius 1 is 1.00 bits per heavy atom. The molecule has 0 amide bonds. The molecule has 7 heteroatoms. The van der Waals surface area contributed by atoms with Gasteiger partial charge in [-0.1, -0.05) is 48.5 Å². The SMILES string of the molecule is N#CC(C(=O)c1ccccc1)C(=O)c1nn(-c2ccccc2)c(=O)[nH]1. The van der Waals surface area contributed by atoms with E-state index in [1.165, 1.54) is 12.1 Å². The molecule has 122 valence electrons. The first-order valence-corrected chi connectivity index (χ1v) is 7.39. The number of nitrogens with zero attached hydrogens (tertiary/aromatic N) is 3. The molecule has 0 bridgehead atoms. The number of hydrogen-bond donors (Lipinski definition) is 1. The topological polar surface area (TPSA) is 109 Å². The first-order valence-electron chi connectivity index (χ1n) is 7.39. The smallest absolute Gasteiger partial charge is 0.292 e. The summed E-state index contributed by atoms with van der Waals surface area (Å²) in [5, 5.41) is 13.2. The van der Waals surface area contributed by atoms with Gasteiger partial charge in [0, 0.05) is 5.56 Å². The maximum Gasteiger partial charge on any atom is 0.348 e. The highest BCUT2D eigenvalue weighted by Crippen LogP contribution is 2.13. The summed E-state index contributed by atoms with van der Waals surface area (Å²) in [6.45, 7) is 0. The average Bonchev–Trinajstić information content (AvgIpc) is 3.05. The lowest BCUT2D eigenvalue weighted by Gasteiger charge is -2.05. The number of carbonyl (C=O) groups is 2. The van der Waals surface area contributed by atoms with Crippen LogP contribution in [-0.4, -0.2) is 26.3 Å². The van der Waals surface area contributed by atoms with Crippen LogP contribution in [-0.2, 0) is 0 Å². The molecule has 0 saturated carbocycles. The molecule has 0 aliphatic heterocycles. The van der Waals surface area contributed by atoms with Gasteiger partial charge >= 0.3 is 5.69 Å². The molecule has 3 rings (SSSR count). The van der Waals surface area contributed by atoms with E-state index in [2.05, 4.69) is 10.1 Å². The third-order valence-electron chi connectivity index (χ3n) is 3.56. The molecule has 25 heavy (non-hydrogen) atoms. The van der Waals surface area contributed by atoms with Crippen LogP contribution in [0.5, 0.6) is 0 Å². The number of H-pyrrole nitrogens is 1. The summed E-state index contributed by atoms with van der Waals surface area (Å²) in [5.74, 6) is -3.38. The van der Waals surface area contributed by atoms with E-state index in [9.17, 15) is 19.6 Å². The quantitative estimate of drug-likeness (QED) is 0.566. The van der Waals surface area contributed by atoms with Crippen molar-refractivity contribution in [1.82, 2.24) is 14.8 Å². The molecule has 0 aliphatic carbocycles. The maximum atomic E-state index is 12.5. The van der Waals surface area contributed by atoms with Crippen LogP contribution in [0.25, 0.3) is 5.69 Å². The summed E-state index contributed by atoms with van der Waals surface area (Å²) >= 11 is 0. The number of Topliss-reactive ketones (excluding diaryl/α,β-unsaturated/α-hetero) is 2. The van der Waals surface area contributed by atoms with Crippen molar-refractivity contribution in [2.24, 2.45) is 5.92 Å². The van der Waals surface area contributed by atoms with Gasteiger partial charge in [-0.05, 0) is 12.1 Å². The second-order valence-electron chi connectivity index (χ2n) is 5.18. The van der Waals surface area contributed by atoms with E-state index < -0.39 is 23.2 Å². The Kier molecular flexibility index (Phi) is 4.35. The molecule has 2 aromatic carbocycles. The Labute approximate surface area is 142 Å². The van der Waals surface area contributed by atoms with Gasteiger partial charge in [-0.15, -0.1) is 5.10 Å². The second kappa shape index (κ2) is 6.76. The second-order valence-corrected chi connectivity index (χ2v) is 5.18. The van der Waals surface area contributed by atoms with Crippen LogP contribution in [0.1, 0.15) is 21.0 Å². The van der Waals surface area contributed by atoms with E-state index in [-0.39, 0.29) is 11.4 Å². The van der Waals surface area contributed by atoms with E-state index >= 15 is 0 Å². The first kappa shape index (κ1) is 16.1. The largest absolute Gasteiger partial charge is 0.348 e. The number of nitriles is 1. The number of para-hydroxylation sites is 1. The zero-order valence-corrected chi connectivity index (χ0v) is 12.9. The summed E-state index contributed by atoms with van der Waals surface area (Å²) in [5.41, 5.74) is 0.0799. The Hall–Kier alpha value is -3.79. The Morgan fingerprint density at radius 2 is 1.60 bits per heavy atom. The zero-order valence-electron chi connectivity index (χ0n) is 12.9. The standard InChI is InChI=1S/C18H12N4O3/c19-11-14(15(23)12-7-3-1-4-8-12)16(24)17-20-18(25)22(21-17)13-9-5-2-6-10-13/h1-10,14H,(H,20,21,25). The Bertz CT molecular complexity index is 1010. The molecule has 0 spiro atoms. The number of carbonyl (C=O) groups excluding carboxylic acids is 2. The third-order valence-corrected chi connectivity index (χ3v) is 3.56. The first-order chi connectivity index (χ1) is 12.1. The van der Waals surface area contributed by atoms with Gasteiger partial charge in [0.1, 0.15) is 0 Å². The lowest BCUT2D eigenvalue weighted by molar-refractivity contribution is 0.0839. The van der Waals surface area contributed by atoms with Crippen LogP contribution in [0.15, 0.2) is 65.5 Å². The molecule has 3 aromatic rings. The predicted molar refractivity (Wildman–Crippen MR) is 88.4 cm³/mol. The number of rotatable bonds is 5. The summed E-state index contributed by atoms with van der Waals surface area (Å²) in [6.07, 6.45) is 0. The monoisotopic (exact) mass is 332 g/mol. The molecule has 0 fully saturated rings. The Morgan fingerprint density at radius 3 is 2.20 bits per heavy atom. The molecule has 1 N–H and O–H groups in total. The number of aromatic amines is 1. The fourth-order valence-corrected chi connectivity index (χ4v) is 2.32.